The van der Waals surface area contributed by atoms with Gasteiger partial charge in [0.05, 0.1) is 11.0 Å². The van der Waals surface area contributed by atoms with Crippen LogP contribution in [0.3, 0.4) is 0 Å². The number of rotatable bonds is 1. The van der Waals surface area contributed by atoms with Gasteiger partial charge in [0.2, 0.25) is 0 Å². The van der Waals surface area contributed by atoms with Gasteiger partial charge in [-0.15, -0.1) is 0 Å². The van der Waals surface area contributed by atoms with E-state index in [4.69, 9.17) is 12.2 Å². The molecule has 1 aromatic carbocycles. The number of imidazole rings is 1. The van der Waals surface area contributed by atoms with Gasteiger partial charge >= 0.3 is 0 Å². The Morgan fingerprint density at radius 2 is 1.95 bits per heavy atom. The molecule has 3 nitrogen and oxygen atoms in total. The maximum atomic E-state index is 5.53. The zero-order chi connectivity index (χ0) is 13.6. The second-order valence-electron chi connectivity index (χ2n) is 5.41. The fraction of sp³-hybridized carbons (Fsp3) is 0.500. The molecule has 0 aliphatic carbocycles. The van der Waals surface area contributed by atoms with E-state index in [1.807, 2.05) is 6.07 Å². The molecule has 102 valence electrons. The molecule has 1 fully saturated rings. The lowest BCUT2D eigenvalue weighted by atomic mass is 10.00. The Hall–Kier alpha value is -0.810. The standard InChI is InChI=1S/C14H18BrN3S/c1-9-4-3-5-10(2)17(9)18-13-8-11(15)6-7-12(13)16-14(18)19/h6-10H,3-5H2,1-2H3,(H,16,19). The van der Waals surface area contributed by atoms with Crippen LogP contribution in [0.2, 0.25) is 0 Å². The molecule has 2 unspecified atom stereocenters. The Kier molecular flexibility index (Phi) is 3.43. The summed E-state index contributed by atoms with van der Waals surface area (Å²) in [7, 11) is 0. The first-order valence-electron chi connectivity index (χ1n) is 6.77. The highest BCUT2D eigenvalue weighted by Gasteiger charge is 2.26. The number of aromatic nitrogens is 2. The largest absolute Gasteiger partial charge is 0.329 e. The van der Waals surface area contributed by atoms with Crippen molar-refractivity contribution in [3.63, 3.8) is 0 Å². The molecule has 1 saturated heterocycles. The van der Waals surface area contributed by atoms with Gasteiger partial charge in [-0.25, -0.2) is 4.68 Å². The number of H-pyrrole nitrogens is 1. The van der Waals surface area contributed by atoms with Gasteiger partial charge in [-0.1, -0.05) is 15.9 Å². The molecule has 0 saturated carbocycles. The molecular formula is C14H18BrN3S. The van der Waals surface area contributed by atoms with E-state index < -0.39 is 0 Å². The summed E-state index contributed by atoms with van der Waals surface area (Å²) in [5.74, 6) is 0. The van der Waals surface area contributed by atoms with Gasteiger partial charge in [0.25, 0.3) is 0 Å². The highest BCUT2D eigenvalue weighted by atomic mass is 79.9. The van der Waals surface area contributed by atoms with Gasteiger partial charge in [-0.05, 0) is 63.5 Å². The first kappa shape index (κ1) is 13.2. The van der Waals surface area contributed by atoms with Crippen LogP contribution in [-0.2, 0) is 0 Å². The third-order valence-electron chi connectivity index (χ3n) is 4.00. The van der Waals surface area contributed by atoms with Crippen LogP contribution in [0.5, 0.6) is 0 Å². The Labute approximate surface area is 126 Å². The van der Waals surface area contributed by atoms with Crippen LogP contribution in [0.25, 0.3) is 11.0 Å². The van der Waals surface area contributed by atoms with Crippen LogP contribution in [0, 0.1) is 4.77 Å². The molecule has 0 bridgehead atoms. The zero-order valence-electron chi connectivity index (χ0n) is 11.2. The summed E-state index contributed by atoms with van der Waals surface area (Å²) < 4.78 is 4.05. The van der Waals surface area contributed by atoms with Crippen molar-refractivity contribution in [2.24, 2.45) is 0 Å². The number of halogens is 1. The summed E-state index contributed by atoms with van der Waals surface area (Å²) in [6.45, 7) is 4.57. The quantitative estimate of drug-likeness (QED) is 0.780. The fourth-order valence-electron chi connectivity index (χ4n) is 3.09. The highest BCUT2D eigenvalue weighted by molar-refractivity contribution is 9.10. The summed E-state index contributed by atoms with van der Waals surface area (Å²) in [6, 6.07) is 7.30. The molecular weight excluding hydrogens is 322 g/mol. The summed E-state index contributed by atoms with van der Waals surface area (Å²) in [4.78, 5) is 3.31. The summed E-state index contributed by atoms with van der Waals surface area (Å²) in [6.07, 6.45) is 3.76. The Balaban J connectivity index is 2.20. The second-order valence-corrected chi connectivity index (χ2v) is 6.71. The number of hydrogen-bond donors (Lipinski definition) is 1. The van der Waals surface area contributed by atoms with Crippen molar-refractivity contribution in [3.05, 3.63) is 27.4 Å². The van der Waals surface area contributed by atoms with Gasteiger partial charge in [0, 0.05) is 16.6 Å². The van der Waals surface area contributed by atoms with Crippen molar-refractivity contribution in [1.82, 2.24) is 9.66 Å². The summed E-state index contributed by atoms with van der Waals surface area (Å²) in [5.41, 5.74) is 2.25. The normalized spacial score (nSPS) is 24.1. The first-order valence-corrected chi connectivity index (χ1v) is 7.97. The Morgan fingerprint density at radius 1 is 1.26 bits per heavy atom. The average molecular weight is 340 g/mol. The fourth-order valence-corrected chi connectivity index (χ4v) is 3.75. The zero-order valence-corrected chi connectivity index (χ0v) is 13.6. The third kappa shape index (κ3) is 2.23. The predicted octanol–water partition coefficient (Wildman–Crippen LogP) is 4.36. The minimum absolute atomic E-state index is 0.522. The highest BCUT2D eigenvalue weighted by Crippen LogP contribution is 2.26. The number of aromatic amines is 1. The van der Waals surface area contributed by atoms with Crippen LogP contribution in [-0.4, -0.2) is 21.7 Å². The first-order chi connectivity index (χ1) is 9.08. The Bertz CT molecular complexity index is 650. The van der Waals surface area contributed by atoms with Crippen molar-refractivity contribution >= 4 is 39.2 Å². The van der Waals surface area contributed by atoms with Crippen LogP contribution >= 0.6 is 28.1 Å². The van der Waals surface area contributed by atoms with Crippen LogP contribution < -0.4 is 5.01 Å². The van der Waals surface area contributed by atoms with E-state index in [1.54, 1.807) is 0 Å². The average Bonchev–Trinajstić information content (AvgIpc) is 2.66. The molecule has 3 rings (SSSR count). The maximum Gasteiger partial charge on any atom is 0.197 e. The molecule has 0 radical (unpaired) electrons. The summed E-state index contributed by atoms with van der Waals surface area (Å²) in [5, 5.41) is 2.43. The molecule has 1 aliphatic heterocycles. The lowest BCUT2D eigenvalue weighted by Crippen LogP contribution is -2.50. The molecule has 0 spiro atoms. The number of hydrogen-bond acceptors (Lipinski definition) is 2. The molecule has 5 heteroatoms. The third-order valence-corrected chi connectivity index (χ3v) is 4.77. The van der Waals surface area contributed by atoms with Gasteiger partial charge in [0.1, 0.15) is 0 Å². The van der Waals surface area contributed by atoms with E-state index in [-0.39, 0.29) is 0 Å². The summed E-state index contributed by atoms with van der Waals surface area (Å²) >= 11 is 9.08. The number of nitrogens with one attached hydrogen (secondary N) is 1. The van der Waals surface area contributed by atoms with E-state index in [0.29, 0.717) is 12.1 Å². The second kappa shape index (κ2) is 4.94. The van der Waals surface area contributed by atoms with Crippen molar-refractivity contribution in [2.45, 2.75) is 45.2 Å². The van der Waals surface area contributed by atoms with E-state index in [2.05, 4.69) is 56.6 Å². The van der Waals surface area contributed by atoms with Gasteiger partial charge in [-0.3, -0.25) is 0 Å². The van der Waals surface area contributed by atoms with Gasteiger partial charge < -0.3 is 9.99 Å². The molecule has 2 heterocycles. The molecule has 1 aromatic heterocycles. The van der Waals surface area contributed by atoms with Crippen molar-refractivity contribution in [2.75, 3.05) is 5.01 Å². The van der Waals surface area contributed by atoms with Crippen LogP contribution in [0.15, 0.2) is 22.7 Å². The Morgan fingerprint density at radius 3 is 2.63 bits per heavy atom. The number of piperidine rings is 1. The smallest absolute Gasteiger partial charge is 0.197 e. The van der Waals surface area contributed by atoms with Crippen molar-refractivity contribution in [1.29, 1.82) is 0 Å². The SMILES string of the molecule is CC1CCCC(C)N1n1c(=S)[nH]c2ccc(Br)cc21. The maximum absolute atomic E-state index is 5.53. The molecule has 0 amide bonds. The van der Waals surface area contributed by atoms with Gasteiger partial charge in [-0.2, -0.15) is 0 Å². The molecule has 2 aromatic rings. The number of fused-ring (bicyclic) bond motifs is 1. The van der Waals surface area contributed by atoms with Crippen LogP contribution in [0.1, 0.15) is 33.1 Å². The molecule has 1 N–H and O–H groups in total. The molecule has 2 atom stereocenters. The van der Waals surface area contributed by atoms with Crippen molar-refractivity contribution in [3.8, 4) is 0 Å². The monoisotopic (exact) mass is 339 g/mol. The van der Waals surface area contributed by atoms with E-state index in [1.165, 1.54) is 19.3 Å². The van der Waals surface area contributed by atoms with Gasteiger partial charge in [0.15, 0.2) is 4.77 Å². The van der Waals surface area contributed by atoms with E-state index in [0.717, 1.165) is 20.3 Å². The molecule has 1 aliphatic rings. The minimum atomic E-state index is 0.522. The number of benzene rings is 1. The number of nitrogens with zero attached hydrogens (tertiary/aromatic N) is 2. The van der Waals surface area contributed by atoms with E-state index >= 15 is 0 Å². The van der Waals surface area contributed by atoms with E-state index in [9.17, 15) is 0 Å². The van der Waals surface area contributed by atoms with Crippen molar-refractivity contribution < 1.29 is 0 Å². The van der Waals surface area contributed by atoms with Crippen LogP contribution in [0.4, 0.5) is 0 Å². The minimum Gasteiger partial charge on any atom is -0.329 e. The topological polar surface area (TPSA) is 24.0 Å². The lowest BCUT2D eigenvalue weighted by Gasteiger charge is -2.41. The predicted molar refractivity (Wildman–Crippen MR) is 85.8 cm³/mol. The lowest BCUT2D eigenvalue weighted by molar-refractivity contribution is 0.339. The molecule has 19 heavy (non-hydrogen) atoms.